The van der Waals surface area contributed by atoms with E-state index in [0.29, 0.717) is 0 Å². The van der Waals surface area contributed by atoms with E-state index >= 15 is 0 Å². The summed E-state index contributed by atoms with van der Waals surface area (Å²) in [4.78, 5) is 5.19. The molecule has 14 heavy (non-hydrogen) atoms. The first-order valence-corrected chi connectivity index (χ1v) is 5.87. The minimum absolute atomic E-state index is 0.177. The summed E-state index contributed by atoms with van der Waals surface area (Å²) in [5.74, 6) is -0.223. The van der Waals surface area contributed by atoms with E-state index in [2.05, 4.69) is 27.7 Å². The summed E-state index contributed by atoms with van der Waals surface area (Å²) in [7, 11) is 0. The molecule has 1 atom stereocenters. The van der Waals surface area contributed by atoms with Gasteiger partial charge in [0.15, 0.2) is 0 Å². The smallest absolute Gasteiger partial charge is 0.142 e. The molecule has 0 radical (unpaired) electrons. The summed E-state index contributed by atoms with van der Waals surface area (Å²) in [5, 5.41) is 3.98. The van der Waals surface area contributed by atoms with Crippen LogP contribution in [0.2, 0.25) is 0 Å². The molecule has 2 rings (SSSR count). The monoisotopic (exact) mass is 305 g/mol. The molecule has 0 fully saturated rings. The van der Waals surface area contributed by atoms with Crippen LogP contribution in [0.5, 0.6) is 0 Å². The lowest BCUT2D eigenvalue weighted by Crippen LogP contribution is -2.09. The van der Waals surface area contributed by atoms with E-state index in [0.717, 1.165) is 22.1 Å². The molecule has 0 amide bonds. The van der Waals surface area contributed by atoms with Crippen LogP contribution >= 0.6 is 22.6 Å². The Labute approximate surface area is 95.3 Å². The molecule has 1 aromatic rings. The molecule has 0 spiro atoms. The van der Waals surface area contributed by atoms with Gasteiger partial charge in [-0.3, -0.25) is 0 Å². The van der Waals surface area contributed by atoms with Gasteiger partial charge in [0.25, 0.3) is 0 Å². The molecule has 2 nitrogen and oxygen atoms in total. The predicted octanol–water partition coefficient (Wildman–Crippen LogP) is 2.75. The highest BCUT2D eigenvalue weighted by atomic mass is 127. The number of hydrogen-bond acceptors (Lipinski definition) is 2. The molecule has 0 saturated carbocycles. The molecule has 0 aromatic heterocycles. The molecular formula is C10H9FINO. The average molecular weight is 305 g/mol. The SMILES string of the molecule is Fc1ccc(C2=NOC(CI)C2)cc1. The first kappa shape index (κ1) is 9.89. The maximum absolute atomic E-state index is 12.6. The lowest BCUT2D eigenvalue weighted by Gasteiger charge is -2.01. The highest BCUT2D eigenvalue weighted by Gasteiger charge is 2.20. The Kier molecular flexibility index (Phi) is 3.00. The molecule has 0 saturated heterocycles. The first-order valence-electron chi connectivity index (χ1n) is 4.34. The zero-order chi connectivity index (χ0) is 9.97. The standard InChI is InChI=1S/C10H9FINO/c11-8-3-1-7(2-4-8)10-5-9(6-12)14-13-10/h1-4,9H,5-6H2. The zero-order valence-corrected chi connectivity index (χ0v) is 9.57. The summed E-state index contributed by atoms with van der Waals surface area (Å²) < 4.78 is 13.6. The van der Waals surface area contributed by atoms with Gasteiger partial charge in [-0.2, -0.15) is 0 Å². The Bertz CT molecular complexity index is 350. The predicted molar refractivity (Wildman–Crippen MR) is 61.3 cm³/mol. The number of hydrogen-bond donors (Lipinski definition) is 0. The number of nitrogens with zero attached hydrogens (tertiary/aromatic N) is 1. The second kappa shape index (κ2) is 4.25. The fourth-order valence-electron chi connectivity index (χ4n) is 1.32. The van der Waals surface area contributed by atoms with Crippen LogP contribution < -0.4 is 0 Å². The molecular weight excluding hydrogens is 296 g/mol. The van der Waals surface area contributed by atoms with E-state index in [4.69, 9.17) is 4.84 Å². The Morgan fingerprint density at radius 2 is 2.14 bits per heavy atom. The van der Waals surface area contributed by atoms with Crippen molar-refractivity contribution >= 4 is 28.3 Å². The first-order chi connectivity index (χ1) is 6.79. The van der Waals surface area contributed by atoms with E-state index in [1.807, 2.05) is 0 Å². The van der Waals surface area contributed by atoms with Crippen molar-refractivity contribution in [2.75, 3.05) is 4.43 Å². The molecule has 0 bridgehead atoms. The number of alkyl halides is 1. The summed E-state index contributed by atoms with van der Waals surface area (Å²) in [6.07, 6.45) is 0.991. The minimum atomic E-state index is -0.223. The molecule has 74 valence electrons. The van der Waals surface area contributed by atoms with Gasteiger partial charge >= 0.3 is 0 Å². The maximum atomic E-state index is 12.6. The number of halogens is 2. The van der Waals surface area contributed by atoms with Crippen molar-refractivity contribution in [1.82, 2.24) is 0 Å². The van der Waals surface area contributed by atoms with Crippen LogP contribution in [0.4, 0.5) is 4.39 Å². The molecule has 1 aromatic carbocycles. The van der Waals surface area contributed by atoms with Crippen LogP contribution in [0, 0.1) is 5.82 Å². The summed E-state index contributed by atoms with van der Waals surface area (Å²) in [5.41, 5.74) is 1.85. The van der Waals surface area contributed by atoms with Crippen molar-refractivity contribution < 1.29 is 9.23 Å². The molecule has 1 unspecified atom stereocenters. The van der Waals surface area contributed by atoms with Crippen molar-refractivity contribution in [3.8, 4) is 0 Å². The van der Waals surface area contributed by atoms with Crippen LogP contribution in [0.15, 0.2) is 29.4 Å². The van der Waals surface area contributed by atoms with Crippen LogP contribution in [0.3, 0.4) is 0 Å². The van der Waals surface area contributed by atoms with Crippen LogP contribution in [-0.4, -0.2) is 16.2 Å². The van der Waals surface area contributed by atoms with Crippen molar-refractivity contribution in [3.63, 3.8) is 0 Å². The minimum Gasteiger partial charge on any atom is -0.391 e. The average Bonchev–Trinajstić information content (AvgIpc) is 2.67. The Hall–Kier alpha value is -0.650. The second-order valence-corrected chi connectivity index (χ2v) is 4.01. The Balaban J connectivity index is 2.13. The third kappa shape index (κ3) is 2.05. The normalized spacial score (nSPS) is 20.4. The molecule has 4 heteroatoms. The van der Waals surface area contributed by atoms with E-state index in [-0.39, 0.29) is 11.9 Å². The molecule has 1 aliphatic rings. The van der Waals surface area contributed by atoms with Crippen LogP contribution in [0.1, 0.15) is 12.0 Å². The van der Waals surface area contributed by atoms with E-state index in [9.17, 15) is 4.39 Å². The van der Waals surface area contributed by atoms with Gasteiger partial charge in [-0.1, -0.05) is 39.9 Å². The van der Waals surface area contributed by atoms with Crippen LogP contribution in [0.25, 0.3) is 0 Å². The van der Waals surface area contributed by atoms with Crippen molar-refractivity contribution in [2.24, 2.45) is 5.16 Å². The van der Waals surface area contributed by atoms with Gasteiger partial charge in [0.05, 0.1) is 5.71 Å². The molecule has 0 aliphatic carbocycles. The van der Waals surface area contributed by atoms with Gasteiger partial charge in [0.2, 0.25) is 0 Å². The molecule has 1 aliphatic heterocycles. The topological polar surface area (TPSA) is 21.6 Å². The quantitative estimate of drug-likeness (QED) is 0.608. The summed E-state index contributed by atoms with van der Waals surface area (Å²) in [6, 6.07) is 6.34. The van der Waals surface area contributed by atoms with Gasteiger partial charge in [0.1, 0.15) is 11.9 Å². The number of oxime groups is 1. The third-order valence-electron chi connectivity index (χ3n) is 2.08. The number of rotatable bonds is 2. The lowest BCUT2D eigenvalue weighted by molar-refractivity contribution is 0.105. The Morgan fingerprint density at radius 3 is 2.71 bits per heavy atom. The molecule has 0 N–H and O–H groups in total. The largest absolute Gasteiger partial charge is 0.391 e. The van der Waals surface area contributed by atoms with Gasteiger partial charge in [-0.25, -0.2) is 4.39 Å². The van der Waals surface area contributed by atoms with Crippen molar-refractivity contribution in [3.05, 3.63) is 35.6 Å². The van der Waals surface area contributed by atoms with Crippen LogP contribution in [-0.2, 0) is 4.84 Å². The van der Waals surface area contributed by atoms with Gasteiger partial charge in [-0.05, 0) is 17.7 Å². The summed E-state index contributed by atoms with van der Waals surface area (Å²) in [6.45, 7) is 0. The van der Waals surface area contributed by atoms with E-state index < -0.39 is 0 Å². The van der Waals surface area contributed by atoms with E-state index in [1.165, 1.54) is 12.1 Å². The molecule has 1 heterocycles. The fraction of sp³-hybridized carbons (Fsp3) is 0.300. The van der Waals surface area contributed by atoms with Gasteiger partial charge in [-0.15, -0.1) is 0 Å². The van der Waals surface area contributed by atoms with E-state index in [1.54, 1.807) is 12.1 Å². The van der Waals surface area contributed by atoms with Gasteiger partial charge in [0, 0.05) is 10.8 Å². The summed E-state index contributed by atoms with van der Waals surface area (Å²) >= 11 is 2.27. The van der Waals surface area contributed by atoms with Crippen molar-refractivity contribution in [1.29, 1.82) is 0 Å². The van der Waals surface area contributed by atoms with Crippen molar-refractivity contribution in [2.45, 2.75) is 12.5 Å². The maximum Gasteiger partial charge on any atom is 0.142 e. The van der Waals surface area contributed by atoms with Gasteiger partial charge < -0.3 is 4.84 Å². The fourth-order valence-corrected chi connectivity index (χ4v) is 1.80. The number of benzene rings is 1. The third-order valence-corrected chi connectivity index (χ3v) is 3.06. The zero-order valence-electron chi connectivity index (χ0n) is 7.41. The highest BCUT2D eigenvalue weighted by Crippen LogP contribution is 2.18. The Morgan fingerprint density at radius 1 is 1.43 bits per heavy atom. The second-order valence-electron chi connectivity index (χ2n) is 3.13. The highest BCUT2D eigenvalue weighted by molar-refractivity contribution is 14.1. The lowest BCUT2D eigenvalue weighted by atomic mass is 10.1.